The maximum Gasteiger partial charge on any atom is 0.223 e. The number of nitrogens with one attached hydrogen (secondary N) is 1. The number of carbonyl (C=O) groups excluding carboxylic acids is 1. The second kappa shape index (κ2) is 3.87. The van der Waals surface area contributed by atoms with E-state index in [9.17, 15) is 4.79 Å². The van der Waals surface area contributed by atoms with Gasteiger partial charge in [-0.3, -0.25) is 4.79 Å². The predicted molar refractivity (Wildman–Crippen MR) is 43.4 cm³/mol. The zero-order chi connectivity index (χ0) is 9.14. The lowest BCUT2D eigenvalue weighted by molar-refractivity contribution is -0.123. The van der Waals surface area contributed by atoms with Crippen LogP contribution in [0.2, 0.25) is 0 Å². The molecule has 1 aliphatic rings. The minimum Gasteiger partial charge on any atom is -0.394 e. The van der Waals surface area contributed by atoms with E-state index in [0.717, 1.165) is 6.42 Å². The third-order valence-corrected chi connectivity index (χ3v) is 2.17. The van der Waals surface area contributed by atoms with Crippen molar-refractivity contribution in [3.63, 3.8) is 0 Å². The largest absolute Gasteiger partial charge is 0.394 e. The van der Waals surface area contributed by atoms with Gasteiger partial charge in [0.25, 0.3) is 0 Å². The fourth-order valence-corrected chi connectivity index (χ4v) is 1.10. The maximum absolute atomic E-state index is 11.1. The molecule has 70 valence electrons. The number of aliphatic hydroxyl groups is 2. The summed E-state index contributed by atoms with van der Waals surface area (Å²) in [4.78, 5) is 11.1. The second-order valence-corrected chi connectivity index (χ2v) is 3.40. The van der Waals surface area contributed by atoms with Gasteiger partial charge in [0.2, 0.25) is 5.91 Å². The van der Waals surface area contributed by atoms with Crippen molar-refractivity contribution in [2.45, 2.75) is 19.4 Å². The Balaban J connectivity index is 2.11. The van der Waals surface area contributed by atoms with Crippen LogP contribution in [-0.4, -0.2) is 35.4 Å². The van der Waals surface area contributed by atoms with Crippen LogP contribution in [0, 0.1) is 11.8 Å². The summed E-state index contributed by atoms with van der Waals surface area (Å²) in [5.41, 5.74) is 0. The van der Waals surface area contributed by atoms with E-state index in [2.05, 4.69) is 5.32 Å². The quantitative estimate of drug-likeness (QED) is 0.516. The maximum atomic E-state index is 11.1. The molecule has 3 N–H and O–H groups in total. The second-order valence-electron chi connectivity index (χ2n) is 3.40. The number of hydrogen-bond acceptors (Lipinski definition) is 3. The first-order valence-electron chi connectivity index (χ1n) is 4.21. The fraction of sp³-hybridized carbons (Fsp3) is 0.875. The summed E-state index contributed by atoms with van der Waals surface area (Å²) in [6.45, 7) is 1.87. The van der Waals surface area contributed by atoms with Gasteiger partial charge in [0.15, 0.2) is 0 Å². The summed E-state index contributed by atoms with van der Waals surface area (Å²) in [7, 11) is 0. The SMILES string of the molecule is CC1CC1C(=O)NCC(O)CO. The summed E-state index contributed by atoms with van der Waals surface area (Å²) in [5.74, 6) is 0.613. The number of amides is 1. The molecule has 1 saturated carbocycles. The molecule has 4 nitrogen and oxygen atoms in total. The number of carbonyl (C=O) groups is 1. The zero-order valence-electron chi connectivity index (χ0n) is 7.16. The van der Waals surface area contributed by atoms with Crippen molar-refractivity contribution >= 4 is 5.91 Å². The molecule has 1 fully saturated rings. The molecule has 0 heterocycles. The Hall–Kier alpha value is -0.610. The first-order valence-corrected chi connectivity index (χ1v) is 4.21. The van der Waals surface area contributed by atoms with E-state index in [0.29, 0.717) is 5.92 Å². The molecular formula is C8H15NO3. The highest BCUT2D eigenvalue weighted by atomic mass is 16.3. The normalized spacial score (nSPS) is 29.6. The molecule has 1 amide bonds. The first kappa shape index (κ1) is 9.48. The monoisotopic (exact) mass is 173 g/mol. The number of hydrogen-bond donors (Lipinski definition) is 3. The number of aliphatic hydroxyl groups excluding tert-OH is 2. The van der Waals surface area contributed by atoms with Crippen LogP contribution in [0.5, 0.6) is 0 Å². The molecular weight excluding hydrogens is 158 g/mol. The third-order valence-electron chi connectivity index (χ3n) is 2.17. The van der Waals surface area contributed by atoms with Crippen molar-refractivity contribution in [2.24, 2.45) is 11.8 Å². The van der Waals surface area contributed by atoms with Crippen LogP contribution in [0.3, 0.4) is 0 Å². The topological polar surface area (TPSA) is 69.6 Å². The van der Waals surface area contributed by atoms with E-state index in [1.807, 2.05) is 6.92 Å². The fourth-order valence-electron chi connectivity index (χ4n) is 1.10. The van der Waals surface area contributed by atoms with Gasteiger partial charge in [0.05, 0.1) is 12.7 Å². The molecule has 1 aliphatic carbocycles. The van der Waals surface area contributed by atoms with Crippen LogP contribution in [0.1, 0.15) is 13.3 Å². The summed E-state index contributed by atoms with van der Waals surface area (Å²) < 4.78 is 0. The van der Waals surface area contributed by atoms with Crippen LogP contribution in [0.4, 0.5) is 0 Å². The van der Waals surface area contributed by atoms with Crippen molar-refractivity contribution < 1.29 is 15.0 Å². The minimum absolute atomic E-state index is 0.00463. The Morgan fingerprint density at radius 3 is 2.75 bits per heavy atom. The van der Waals surface area contributed by atoms with Gasteiger partial charge in [-0.2, -0.15) is 0 Å². The van der Waals surface area contributed by atoms with Gasteiger partial charge >= 0.3 is 0 Å². The van der Waals surface area contributed by atoms with Crippen LogP contribution >= 0.6 is 0 Å². The molecule has 12 heavy (non-hydrogen) atoms. The molecule has 3 atom stereocenters. The lowest BCUT2D eigenvalue weighted by Crippen LogP contribution is -2.34. The van der Waals surface area contributed by atoms with Gasteiger partial charge in [-0.05, 0) is 12.3 Å². The van der Waals surface area contributed by atoms with Crippen LogP contribution in [0.15, 0.2) is 0 Å². The van der Waals surface area contributed by atoms with Gasteiger partial charge in [-0.15, -0.1) is 0 Å². The highest BCUT2D eigenvalue weighted by molar-refractivity contribution is 5.81. The Morgan fingerprint density at radius 1 is 1.75 bits per heavy atom. The molecule has 0 aromatic carbocycles. The standard InChI is InChI=1S/C8H15NO3/c1-5-2-7(5)8(12)9-3-6(11)4-10/h5-7,10-11H,2-4H2,1H3,(H,9,12). The van der Waals surface area contributed by atoms with E-state index >= 15 is 0 Å². The summed E-state index contributed by atoms with van der Waals surface area (Å²) in [6.07, 6.45) is 0.115. The Bertz CT molecular complexity index is 172. The molecule has 0 aliphatic heterocycles. The van der Waals surface area contributed by atoms with Crippen molar-refractivity contribution in [3.8, 4) is 0 Å². The molecule has 0 bridgehead atoms. The van der Waals surface area contributed by atoms with E-state index in [4.69, 9.17) is 10.2 Å². The average Bonchev–Trinajstić information content (AvgIpc) is 2.77. The minimum atomic E-state index is -0.831. The molecule has 4 heteroatoms. The molecule has 1 rings (SSSR count). The average molecular weight is 173 g/mol. The van der Waals surface area contributed by atoms with E-state index < -0.39 is 6.10 Å². The summed E-state index contributed by atoms with van der Waals surface area (Å²) in [6, 6.07) is 0. The Kier molecular flexibility index (Phi) is 3.05. The van der Waals surface area contributed by atoms with Crippen molar-refractivity contribution in [1.82, 2.24) is 5.32 Å². The summed E-state index contributed by atoms with van der Waals surface area (Å²) in [5, 5.41) is 19.9. The predicted octanol–water partition coefficient (Wildman–Crippen LogP) is -0.888. The van der Waals surface area contributed by atoms with E-state index in [-0.39, 0.29) is 25.0 Å². The number of rotatable bonds is 4. The van der Waals surface area contributed by atoms with Crippen molar-refractivity contribution in [2.75, 3.05) is 13.2 Å². The van der Waals surface area contributed by atoms with Gasteiger partial charge in [0.1, 0.15) is 0 Å². The lowest BCUT2D eigenvalue weighted by atomic mass is 10.3. The Morgan fingerprint density at radius 2 is 2.33 bits per heavy atom. The molecule has 0 aromatic rings. The third kappa shape index (κ3) is 2.46. The Labute approximate surface area is 71.6 Å². The molecule has 0 aromatic heterocycles. The van der Waals surface area contributed by atoms with Crippen LogP contribution in [-0.2, 0) is 4.79 Å². The highest BCUT2D eigenvalue weighted by Gasteiger charge is 2.38. The van der Waals surface area contributed by atoms with Gasteiger partial charge in [-0.1, -0.05) is 6.92 Å². The van der Waals surface area contributed by atoms with Crippen LogP contribution in [0.25, 0.3) is 0 Å². The van der Waals surface area contributed by atoms with E-state index in [1.54, 1.807) is 0 Å². The van der Waals surface area contributed by atoms with E-state index in [1.165, 1.54) is 0 Å². The molecule has 0 saturated heterocycles. The van der Waals surface area contributed by atoms with Gasteiger partial charge < -0.3 is 15.5 Å². The van der Waals surface area contributed by atoms with Crippen molar-refractivity contribution in [3.05, 3.63) is 0 Å². The smallest absolute Gasteiger partial charge is 0.223 e. The van der Waals surface area contributed by atoms with Gasteiger partial charge in [0, 0.05) is 12.5 Å². The van der Waals surface area contributed by atoms with Crippen molar-refractivity contribution in [1.29, 1.82) is 0 Å². The van der Waals surface area contributed by atoms with Gasteiger partial charge in [-0.25, -0.2) is 0 Å². The highest BCUT2D eigenvalue weighted by Crippen LogP contribution is 2.37. The summed E-state index contributed by atoms with van der Waals surface area (Å²) >= 11 is 0. The molecule has 3 unspecified atom stereocenters. The molecule has 0 radical (unpaired) electrons. The molecule has 0 spiro atoms. The zero-order valence-corrected chi connectivity index (χ0v) is 7.16. The first-order chi connectivity index (χ1) is 5.65. The lowest BCUT2D eigenvalue weighted by Gasteiger charge is -2.07. The van der Waals surface area contributed by atoms with Crippen LogP contribution < -0.4 is 5.32 Å².